The van der Waals surface area contributed by atoms with Crippen LogP contribution in [0.2, 0.25) is 0 Å². The quantitative estimate of drug-likeness (QED) is 0.810. The number of nitrogens with zero attached hydrogens (tertiary/aromatic N) is 1. The molecule has 0 radical (unpaired) electrons. The van der Waals surface area contributed by atoms with E-state index in [9.17, 15) is 4.39 Å². The molecule has 0 aliphatic rings. The zero-order chi connectivity index (χ0) is 12.7. The zero-order valence-corrected chi connectivity index (χ0v) is 11.6. The van der Waals surface area contributed by atoms with Crippen molar-refractivity contribution in [2.24, 2.45) is 0 Å². The monoisotopic (exact) mass is 256 g/mol. The van der Waals surface area contributed by atoms with Crippen LogP contribution in [0.1, 0.15) is 32.3 Å². The minimum atomic E-state index is -0.272. The molecule has 0 spiro atoms. The number of pyridine rings is 1. The lowest BCUT2D eigenvalue weighted by molar-refractivity contribution is 0.494. The van der Waals surface area contributed by atoms with E-state index in [1.165, 1.54) is 12.3 Å². The van der Waals surface area contributed by atoms with Crippen LogP contribution in [0.5, 0.6) is 0 Å². The summed E-state index contributed by atoms with van der Waals surface area (Å²) in [5.74, 6) is -0.272. The molecule has 0 saturated carbocycles. The second kappa shape index (κ2) is 6.97. The van der Waals surface area contributed by atoms with Gasteiger partial charge in [0.15, 0.2) is 0 Å². The lowest BCUT2D eigenvalue weighted by Gasteiger charge is -2.30. The Balaban J connectivity index is 2.46. The van der Waals surface area contributed by atoms with E-state index in [-0.39, 0.29) is 5.82 Å². The Hall–Kier alpha value is -0.610. The number of nitrogens with one attached hydrogen (secondary N) is 1. The number of aromatic nitrogens is 1. The molecular formula is C13H21FN2S. The van der Waals surface area contributed by atoms with Crippen LogP contribution < -0.4 is 5.32 Å². The van der Waals surface area contributed by atoms with Crippen LogP contribution in [0.3, 0.4) is 0 Å². The molecule has 17 heavy (non-hydrogen) atoms. The van der Waals surface area contributed by atoms with E-state index in [4.69, 9.17) is 0 Å². The Morgan fingerprint density at radius 3 is 2.59 bits per heavy atom. The first-order chi connectivity index (χ1) is 8.15. The Kier molecular flexibility index (Phi) is 5.92. The van der Waals surface area contributed by atoms with E-state index in [0.29, 0.717) is 11.3 Å². The standard InChI is InChI=1S/C13H21FN2S/c1-4-13(5-2,17-3)10-16-8-11-6-12(14)9-15-7-11/h6-7,9,16H,4-5,8,10H2,1-3H3. The predicted molar refractivity (Wildman–Crippen MR) is 72.7 cm³/mol. The molecule has 0 bridgehead atoms. The van der Waals surface area contributed by atoms with E-state index < -0.39 is 0 Å². The molecule has 1 heterocycles. The maximum atomic E-state index is 12.9. The summed E-state index contributed by atoms with van der Waals surface area (Å²) in [4.78, 5) is 3.84. The van der Waals surface area contributed by atoms with Gasteiger partial charge in [-0.3, -0.25) is 4.98 Å². The average molecular weight is 256 g/mol. The molecule has 1 rings (SSSR count). The summed E-state index contributed by atoms with van der Waals surface area (Å²) in [5, 5.41) is 3.40. The van der Waals surface area contributed by atoms with Crippen molar-refractivity contribution in [3.8, 4) is 0 Å². The molecule has 4 heteroatoms. The highest BCUT2D eigenvalue weighted by atomic mass is 32.2. The second-order valence-electron chi connectivity index (χ2n) is 4.21. The maximum Gasteiger partial charge on any atom is 0.141 e. The van der Waals surface area contributed by atoms with Gasteiger partial charge in [0.2, 0.25) is 0 Å². The molecule has 0 aliphatic carbocycles. The predicted octanol–water partition coefficient (Wildman–Crippen LogP) is 3.23. The van der Waals surface area contributed by atoms with Crippen LogP contribution in [0.25, 0.3) is 0 Å². The fourth-order valence-corrected chi connectivity index (χ4v) is 2.67. The summed E-state index contributed by atoms with van der Waals surface area (Å²) in [6.45, 7) is 6.04. The molecular weight excluding hydrogens is 235 g/mol. The molecule has 96 valence electrons. The van der Waals surface area contributed by atoms with E-state index in [0.717, 1.165) is 24.9 Å². The minimum Gasteiger partial charge on any atom is -0.311 e. The first kappa shape index (κ1) is 14.5. The van der Waals surface area contributed by atoms with E-state index in [1.54, 1.807) is 6.20 Å². The van der Waals surface area contributed by atoms with Crippen LogP contribution in [0, 0.1) is 5.82 Å². The maximum absolute atomic E-state index is 12.9. The van der Waals surface area contributed by atoms with E-state index >= 15 is 0 Å². The third-order valence-corrected chi connectivity index (χ3v) is 4.85. The highest BCUT2D eigenvalue weighted by Crippen LogP contribution is 2.29. The molecule has 1 aromatic heterocycles. The number of rotatable bonds is 7. The first-order valence-corrected chi connectivity index (χ1v) is 7.23. The number of hydrogen-bond acceptors (Lipinski definition) is 3. The van der Waals surface area contributed by atoms with Gasteiger partial charge in [-0.2, -0.15) is 11.8 Å². The van der Waals surface area contributed by atoms with Crippen LogP contribution in [0.4, 0.5) is 4.39 Å². The van der Waals surface area contributed by atoms with Gasteiger partial charge in [-0.25, -0.2) is 4.39 Å². The van der Waals surface area contributed by atoms with Crippen molar-refractivity contribution in [2.75, 3.05) is 12.8 Å². The van der Waals surface area contributed by atoms with Crippen molar-refractivity contribution in [2.45, 2.75) is 38.0 Å². The highest BCUT2D eigenvalue weighted by molar-refractivity contribution is 8.00. The van der Waals surface area contributed by atoms with Gasteiger partial charge in [-0.1, -0.05) is 13.8 Å². The van der Waals surface area contributed by atoms with Crippen molar-refractivity contribution in [1.82, 2.24) is 10.3 Å². The molecule has 1 N–H and O–H groups in total. The normalized spacial score (nSPS) is 11.8. The van der Waals surface area contributed by atoms with Crippen LogP contribution >= 0.6 is 11.8 Å². The van der Waals surface area contributed by atoms with Crippen LogP contribution in [-0.2, 0) is 6.54 Å². The molecule has 1 aromatic rings. The lowest BCUT2D eigenvalue weighted by atomic mass is 10.0. The van der Waals surface area contributed by atoms with Gasteiger partial charge in [-0.15, -0.1) is 0 Å². The van der Waals surface area contributed by atoms with Crippen molar-refractivity contribution in [3.05, 3.63) is 29.8 Å². The van der Waals surface area contributed by atoms with Gasteiger partial charge in [0.1, 0.15) is 5.82 Å². The second-order valence-corrected chi connectivity index (χ2v) is 5.48. The molecule has 0 aromatic carbocycles. The molecule has 0 unspecified atom stereocenters. The third kappa shape index (κ3) is 4.28. The minimum absolute atomic E-state index is 0.272. The van der Waals surface area contributed by atoms with Gasteiger partial charge in [0, 0.05) is 24.0 Å². The van der Waals surface area contributed by atoms with Gasteiger partial charge in [0.05, 0.1) is 6.20 Å². The summed E-state index contributed by atoms with van der Waals surface area (Å²) in [7, 11) is 0. The summed E-state index contributed by atoms with van der Waals surface area (Å²) >= 11 is 1.90. The molecule has 0 amide bonds. The summed E-state index contributed by atoms with van der Waals surface area (Å²) in [6, 6.07) is 1.53. The smallest absolute Gasteiger partial charge is 0.141 e. The van der Waals surface area contributed by atoms with Crippen molar-refractivity contribution in [1.29, 1.82) is 0 Å². The summed E-state index contributed by atoms with van der Waals surface area (Å²) < 4.78 is 13.2. The fourth-order valence-electron chi connectivity index (χ4n) is 1.85. The van der Waals surface area contributed by atoms with Crippen LogP contribution in [0.15, 0.2) is 18.5 Å². The van der Waals surface area contributed by atoms with Crippen molar-refractivity contribution in [3.63, 3.8) is 0 Å². The van der Waals surface area contributed by atoms with Gasteiger partial charge < -0.3 is 5.32 Å². The first-order valence-electron chi connectivity index (χ1n) is 6.01. The number of halogens is 1. The van der Waals surface area contributed by atoms with E-state index in [2.05, 4.69) is 30.4 Å². The van der Waals surface area contributed by atoms with E-state index in [1.807, 2.05) is 11.8 Å². The van der Waals surface area contributed by atoms with Gasteiger partial charge >= 0.3 is 0 Å². The zero-order valence-electron chi connectivity index (χ0n) is 10.8. The Morgan fingerprint density at radius 2 is 2.06 bits per heavy atom. The van der Waals surface area contributed by atoms with Crippen LogP contribution in [-0.4, -0.2) is 22.5 Å². The summed E-state index contributed by atoms with van der Waals surface area (Å²) in [5.41, 5.74) is 0.896. The Morgan fingerprint density at radius 1 is 1.35 bits per heavy atom. The third-order valence-electron chi connectivity index (χ3n) is 3.26. The van der Waals surface area contributed by atoms with Gasteiger partial charge in [0.25, 0.3) is 0 Å². The molecule has 0 aliphatic heterocycles. The topological polar surface area (TPSA) is 24.9 Å². The average Bonchev–Trinajstić information content (AvgIpc) is 2.35. The molecule has 0 saturated heterocycles. The fraction of sp³-hybridized carbons (Fsp3) is 0.615. The Bertz CT molecular complexity index is 332. The molecule has 0 fully saturated rings. The molecule has 0 atom stereocenters. The SMILES string of the molecule is CCC(CC)(CNCc1cncc(F)c1)SC. The number of thioether (sulfide) groups is 1. The van der Waals surface area contributed by atoms with Crippen molar-refractivity contribution >= 4 is 11.8 Å². The molecule has 2 nitrogen and oxygen atoms in total. The number of hydrogen-bond donors (Lipinski definition) is 1. The van der Waals surface area contributed by atoms with Gasteiger partial charge in [-0.05, 0) is 30.7 Å². The highest BCUT2D eigenvalue weighted by Gasteiger charge is 2.23. The summed E-state index contributed by atoms with van der Waals surface area (Å²) in [6.07, 6.45) is 7.36. The Labute approximate surface area is 107 Å². The lowest BCUT2D eigenvalue weighted by Crippen LogP contribution is -2.36. The largest absolute Gasteiger partial charge is 0.311 e. The van der Waals surface area contributed by atoms with Crippen molar-refractivity contribution < 1.29 is 4.39 Å².